The number of carboxylic acid groups (broad SMARTS) is 1. The van der Waals surface area contributed by atoms with Crippen LogP contribution in [0.25, 0.3) is 0 Å². The van der Waals surface area contributed by atoms with Gasteiger partial charge in [0.2, 0.25) is 0 Å². The normalized spacial score (nSPS) is 20.5. The first-order chi connectivity index (χ1) is 9.16. The number of hydrogen-bond acceptors (Lipinski definition) is 4. The largest absolute Gasteiger partial charge is 0.477 e. The molecule has 2 heterocycles. The van der Waals surface area contributed by atoms with Gasteiger partial charge in [0.15, 0.2) is 11.4 Å². The summed E-state index contributed by atoms with van der Waals surface area (Å²) in [5.41, 5.74) is -0.123. The van der Waals surface area contributed by atoms with Crippen LogP contribution < -0.4 is 0 Å². The van der Waals surface area contributed by atoms with Gasteiger partial charge >= 0.3 is 5.97 Å². The second kappa shape index (κ2) is 4.65. The smallest absolute Gasteiger partial charge is 0.354 e. The number of aromatic amines is 1. The fraction of sp³-hybridized carbons (Fsp3) is 0.583. The monoisotopic (exact) mass is 264 g/mol. The zero-order chi connectivity index (χ0) is 13.4. The molecule has 1 saturated heterocycles. The Balaban J connectivity index is 1.67. The average Bonchev–Trinajstić information content (AvgIpc) is 3.14. The molecule has 0 spiro atoms. The van der Waals surface area contributed by atoms with Crippen molar-refractivity contribution in [3.63, 3.8) is 0 Å². The molecular weight excluding hydrogens is 248 g/mol. The summed E-state index contributed by atoms with van der Waals surface area (Å²) in [5, 5.41) is 8.97. The van der Waals surface area contributed by atoms with Gasteiger partial charge in [-0.2, -0.15) is 0 Å². The molecule has 7 heteroatoms. The van der Waals surface area contributed by atoms with Crippen molar-refractivity contribution in [1.29, 1.82) is 0 Å². The Morgan fingerprint density at radius 1 is 1.26 bits per heavy atom. The highest BCUT2D eigenvalue weighted by atomic mass is 16.4. The van der Waals surface area contributed by atoms with Crippen LogP contribution in [0.4, 0.5) is 0 Å². The van der Waals surface area contributed by atoms with Crippen LogP contribution in [0.1, 0.15) is 33.8 Å². The van der Waals surface area contributed by atoms with Crippen LogP contribution in [-0.2, 0) is 0 Å². The standard InChI is InChI=1S/C12H16N4O3/c17-11(9-10(12(18)19)14-7-13-9)16-5-3-15(4-6-16)8-1-2-8/h7-8H,1-6H2,(H,13,14)(H,18,19). The molecule has 0 atom stereocenters. The summed E-state index contributed by atoms with van der Waals surface area (Å²) in [4.78, 5) is 33.6. The molecule has 1 aliphatic heterocycles. The van der Waals surface area contributed by atoms with Gasteiger partial charge in [0.25, 0.3) is 5.91 Å². The van der Waals surface area contributed by atoms with Crippen molar-refractivity contribution in [2.45, 2.75) is 18.9 Å². The maximum absolute atomic E-state index is 12.2. The molecule has 2 N–H and O–H groups in total. The molecule has 0 aromatic carbocycles. The summed E-state index contributed by atoms with van der Waals surface area (Å²) in [7, 11) is 0. The Bertz CT molecular complexity index is 501. The number of carboxylic acids is 1. The van der Waals surface area contributed by atoms with Gasteiger partial charge in [0.1, 0.15) is 0 Å². The van der Waals surface area contributed by atoms with Crippen molar-refractivity contribution in [3.05, 3.63) is 17.7 Å². The van der Waals surface area contributed by atoms with Gasteiger partial charge < -0.3 is 15.0 Å². The number of nitrogens with one attached hydrogen (secondary N) is 1. The number of amides is 1. The van der Waals surface area contributed by atoms with Gasteiger partial charge in [0, 0.05) is 32.2 Å². The molecule has 0 radical (unpaired) electrons. The molecule has 2 aliphatic rings. The van der Waals surface area contributed by atoms with Crippen molar-refractivity contribution in [3.8, 4) is 0 Å². The van der Waals surface area contributed by atoms with E-state index in [1.807, 2.05) is 0 Å². The molecular formula is C12H16N4O3. The summed E-state index contributed by atoms with van der Waals surface area (Å²) in [6, 6.07) is 0.706. The second-order valence-electron chi connectivity index (χ2n) is 4.99. The lowest BCUT2D eigenvalue weighted by atomic mass is 10.2. The van der Waals surface area contributed by atoms with Crippen molar-refractivity contribution >= 4 is 11.9 Å². The van der Waals surface area contributed by atoms with E-state index in [2.05, 4.69) is 14.9 Å². The highest BCUT2D eigenvalue weighted by molar-refractivity contribution is 6.02. The van der Waals surface area contributed by atoms with E-state index in [-0.39, 0.29) is 17.3 Å². The highest BCUT2D eigenvalue weighted by Crippen LogP contribution is 2.27. The van der Waals surface area contributed by atoms with Gasteiger partial charge in [-0.15, -0.1) is 0 Å². The molecule has 7 nitrogen and oxygen atoms in total. The number of hydrogen-bond donors (Lipinski definition) is 2. The van der Waals surface area contributed by atoms with Crippen LogP contribution in [0.5, 0.6) is 0 Å². The Morgan fingerprint density at radius 2 is 1.95 bits per heavy atom. The van der Waals surface area contributed by atoms with Gasteiger partial charge in [-0.3, -0.25) is 9.69 Å². The van der Waals surface area contributed by atoms with Crippen LogP contribution in [0, 0.1) is 0 Å². The Kier molecular flexibility index (Phi) is 2.98. The third-order valence-corrected chi connectivity index (χ3v) is 3.72. The first-order valence-corrected chi connectivity index (χ1v) is 6.47. The van der Waals surface area contributed by atoms with Crippen LogP contribution in [0.3, 0.4) is 0 Å². The number of carbonyl (C=O) groups excluding carboxylic acids is 1. The van der Waals surface area contributed by atoms with E-state index in [4.69, 9.17) is 5.11 Å². The number of aromatic carboxylic acids is 1. The summed E-state index contributed by atoms with van der Waals surface area (Å²) in [5.74, 6) is -1.45. The van der Waals surface area contributed by atoms with E-state index in [0.29, 0.717) is 19.1 Å². The molecule has 19 heavy (non-hydrogen) atoms. The van der Waals surface area contributed by atoms with Crippen molar-refractivity contribution in [2.24, 2.45) is 0 Å². The van der Waals surface area contributed by atoms with E-state index < -0.39 is 5.97 Å². The minimum Gasteiger partial charge on any atom is -0.477 e. The Labute approximate surface area is 110 Å². The summed E-state index contributed by atoms with van der Waals surface area (Å²) < 4.78 is 0. The molecule has 1 saturated carbocycles. The lowest BCUT2D eigenvalue weighted by molar-refractivity contribution is 0.0602. The van der Waals surface area contributed by atoms with Gasteiger partial charge in [-0.25, -0.2) is 9.78 Å². The highest BCUT2D eigenvalue weighted by Gasteiger charge is 2.33. The number of nitrogens with zero attached hydrogens (tertiary/aromatic N) is 3. The molecule has 1 amide bonds. The first-order valence-electron chi connectivity index (χ1n) is 6.47. The van der Waals surface area contributed by atoms with Crippen molar-refractivity contribution in [2.75, 3.05) is 26.2 Å². The second-order valence-corrected chi connectivity index (χ2v) is 4.99. The fourth-order valence-corrected chi connectivity index (χ4v) is 2.50. The number of carbonyl (C=O) groups is 2. The fourth-order valence-electron chi connectivity index (χ4n) is 2.50. The van der Waals surface area contributed by atoms with E-state index in [0.717, 1.165) is 13.1 Å². The summed E-state index contributed by atoms with van der Waals surface area (Å²) >= 11 is 0. The predicted octanol–water partition coefficient (Wildman–Crippen LogP) is 0.0281. The third-order valence-electron chi connectivity index (χ3n) is 3.72. The Morgan fingerprint density at radius 3 is 2.53 bits per heavy atom. The zero-order valence-corrected chi connectivity index (χ0v) is 10.5. The molecule has 102 valence electrons. The summed E-state index contributed by atoms with van der Waals surface area (Å²) in [6.07, 6.45) is 3.77. The third kappa shape index (κ3) is 2.33. The quantitative estimate of drug-likeness (QED) is 0.804. The lowest BCUT2D eigenvalue weighted by Crippen LogP contribution is -2.49. The number of aromatic nitrogens is 2. The molecule has 0 bridgehead atoms. The van der Waals surface area contributed by atoms with Gasteiger partial charge in [-0.1, -0.05) is 0 Å². The minimum atomic E-state index is -1.16. The van der Waals surface area contributed by atoms with E-state index in [9.17, 15) is 9.59 Å². The molecule has 3 rings (SSSR count). The zero-order valence-electron chi connectivity index (χ0n) is 10.5. The maximum Gasteiger partial charge on any atom is 0.354 e. The predicted molar refractivity (Wildman–Crippen MR) is 66.0 cm³/mol. The minimum absolute atomic E-state index is 0.00683. The molecule has 2 fully saturated rings. The average molecular weight is 264 g/mol. The van der Waals surface area contributed by atoms with Crippen molar-refractivity contribution in [1.82, 2.24) is 19.8 Å². The molecule has 1 aliphatic carbocycles. The van der Waals surface area contributed by atoms with E-state index in [1.165, 1.54) is 19.2 Å². The van der Waals surface area contributed by atoms with Crippen LogP contribution in [-0.4, -0.2) is 69.0 Å². The van der Waals surface area contributed by atoms with Crippen molar-refractivity contribution < 1.29 is 14.7 Å². The molecule has 1 aromatic heterocycles. The molecule has 0 unspecified atom stereocenters. The SMILES string of the molecule is O=C(O)c1[nH]cnc1C(=O)N1CCN(C2CC2)CC1. The number of piperazine rings is 1. The van der Waals surface area contributed by atoms with Gasteiger partial charge in [0.05, 0.1) is 6.33 Å². The number of imidazole rings is 1. The van der Waals surface area contributed by atoms with E-state index >= 15 is 0 Å². The lowest BCUT2D eigenvalue weighted by Gasteiger charge is -2.34. The molecule has 1 aromatic rings. The van der Waals surface area contributed by atoms with E-state index in [1.54, 1.807) is 4.90 Å². The van der Waals surface area contributed by atoms with Gasteiger partial charge in [-0.05, 0) is 12.8 Å². The number of rotatable bonds is 3. The topological polar surface area (TPSA) is 89.5 Å². The summed E-state index contributed by atoms with van der Waals surface area (Å²) in [6.45, 7) is 3.01. The first kappa shape index (κ1) is 12.2. The van der Waals surface area contributed by atoms with Crippen LogP contribution >= 0.6 is 0 Å². The maximum atomic E-state index is 12.2. The number of H-pyrrole nitrogens is 1. The van der Waals surface area contributed by atoms with Crippen LogP contribution in [0.2, 0.25) is 0 Å². The van der Waals surface area contributed by atoms with Crippen LogP contribution in [0.15, 0.2) is 6.33 Å². The Hall–Kier alpha value is -1.89.